The van der Waals surface area contributed by atoms with Crippen molar-refractivity contribution in [1.29, 1.82) is 0 Å². The SMILES string of the molecule is c1ccc2c(c1)oc1ccc3c4ccccc4n(-c4ccc5sc6ccc(-n7c8ccccc8c8ccc9oc%10ccccc%10c9c87)cc6c5c4)c3c12. The predicted molar refractivity (Wildman–Crippen MR) is 223 cm³/mol. The van der Waals surface area contributed by atoms with E-state index in [-0.39, 0.29) is 0 Å². The zero-order valence-corrected chi connectivity index (χ0v) is 28.9. The summed E-state index contributed by atoms with van der Waals surface area (Å²) in [6, 6.07) is 56.9. The smallest absolute Gasteiger partial charge is 0.137 e. The number of fused-ring (bicyclic) bond motifs is 17. The van der Waals surface area contributed by atoms with Crippen LogP contribution in [0.5, 0.6) is 0 Å². The lowest BCUT2D eigenvalue weighted by molar-refractivity contribution is 0.669. The fourth-order valence-corrected chi connectivity index (χ4v) is 10.2. The Hall–Kier alpha value is -6.82. The highest BCUT2D eigenvalue weighted by Crippen LogP contribution is 2.44. The molecule has 0 aliphatic heterocycles. The van der Waals surface area contributed by atoms with Gasteiger partial charge in [-0.1, -0.05) is 72.8 Å². The van der Waals surface area contributed by atoms with Crippen LogP contribution in [0.4, 0.5) is 0 Å². The summed E-state index contributed by atoms with van der Waals surface area (Å²) in [6.45, 7) is 0. The van der Waals surface area contributed by atoms with Crippen LogP contribution in [0, 0.1) is 0 Å². The molecule has 0 unspecified atom stereocenters. The van der Waals surface area contributed by atoms with E-state index in [2.05, 4.69) is 155 Å². The Kier molecular flexibility index (Phi) is 5.22. The van der Waals surface area contributed by atoms with Crippen LogP contribution in [-0.4, -0.2) is 9.13 Å². The van der Waals surface area contributed by atoms with E-state index in [0.717, 1.165) is 55.3 Å². The van der Waals surface area contributed by atoms with Crippen molar-refractivity contribution in [3.05, 3.63) is 158 Å². The van der Waals surface area contributed by atoms with Crippen molar-refractivity contribution in [2.24, 2.45) is 0 Å². The summed E-state index contributed by atoms with van der Waals surface area (Å²) in [5, 5.41) is 12.0. The van der Waals surface area contributed by atoms with Crippen LogP contribution < -0.4 is 0 Å². The minimum Gasteiger partial charge on any atom is -0.456 e. The van der Waals surface area contributed by atoms with Gasteiger partial charge in [-0.25, -0.2) is 0 Å². The second-order valence-corrected chi connectivity index (χ2v) is 15.1. The van der Waals surface area contributed by atoms with Crippen molar-refractivity contribution in [3.8, 4) is 11.4 Å². The lowest BCUT2D eigenvalue weighted by Gasteiger charge is -2.10. The van der Waals surface area contributed by atoms with Crippen LogP contribution in [0.25, 0.3) is 119 Å². The van der Waals surface area contributed by atoms with Crippen LogP contribution >= 0.6 is 11.3 Å². The molecule has 13 aromatic rings. The first-order valence-electron chi connectivity index (χ1n) is 17.9. The van der Waals surface area contributed by atoms with Crippen molar-refractivity contribution >= 4 is 119 Å². The number of nitrogens with zero attached hydrogens (tertiary/aromatic N) is 2. The summed E-state index contributed by atoms with van der Waals surface area (Å²) in [5.74, 6) is 0. The molecule has 0 atom stereocenters. The predicted octanol–water partition coefficient (Wildman–Crippen LogP) is 14.0. The number of rotatable bonds is 2. The molecule has 0 aliphatic carbocycles. The molecule has 0 fully saturated rings. The molecule has 0 spiro atoms. The van der Waals surface area contributed by atoms with E-state index in [4.69, 9.17) is 8.83 Å². The second-order valence-electron chi connectivity index (χ2n) is 14.0. The molecule has 5 heteroatoms. The molecular weight excluding hydrogens is 669 g/mol. The van der Waals surface area contributed by atoms with E-state index in [1.807, 2.05) is 23.5 Å². The number of hydrogen-bond donors (Lipinski definition) is 0. The van der Waals surface area contributed by atoms with Crippen LogP contribution in [0.15, 0.2) is 167 Å². The molecule has 0 saturated carbocycles. The van der Waals surface area contributed by atoms with Gasteiger partial charge < -0.3 is 18.0 Å². The highest BCUT2D eigenvalue weighted by Gasteiger charge is 2.21. The molecule has 13 rings (SSSR count). The van der Waals surface area contributed by atoms with Gasteiger partial charge in [-0.05, 0) is 84.9 Å². The molecule has 8 aromatic carbocycles. The molecule has 4 nitrogen and oxygen atoms in total. The van der Waals surface area contributed by atoms with Gasteiger partial charge in [0, 0.05) is 63.9 Å². The third-order valence-corrected chi connectivity index (χ3v) is 12.5. The minimum atomic E-state index is 0.903. The fourth-order valence-electron chi connectivity index (χ4n) is 9.10. The average molecular weight is 695 g/mol. The van der Waals surface area contributed by atoms with E-state index in [9.17, 15) is 0 Å². The maximum atomic E-state index is 6.40. The maximum Gasteiger partial charge on any atom is 0.137 e. The highest BCUT2D eigenvalue weighted by molar-refractivity contribution is 7.25. The summed E-state index contributed by atoms with van der Waals surface area (Å²) in [4.78, 5) is 0. The molecule has 5 aromatic heterocycles. The number of thiophene rings is 1. The van der Waals surface area contributed by atoms with Crippen LogP contribution in [0.2, 0.25) is 0 Å². The number of para-hydroxylation sites is 4. The summed E-state index contributed by atoms with van der Waals surface area (Å²) >= 11 is 1.85. The molecule has 0 aliphatic rings. The zero-order chi connectivity index (χ0) is 34.4. The van der Waals surface area contributed by atoms with Gasteiger partial charge in [-0.2, -0.15) is 0 Å². The minimum absolute atomic E-state index is 0.903. The van der Waals surface area contributed by atoms with E-state index in [0.29, 0.717) is 0 Å². The van der Waals surface area contributed by atoms with Gasteiger partial charge in [0.2, 0.25) is 0 Å². The van der Waals surface area contributed by atoms with Gasteiger partial charge >= 0.3 is 0 Å². The first-order valence-corrected chi connectivity index (χ1v) is 18.7. The monoisotopic (exact) mass is 694 g/mol. The Bertz CT molecular complexity index is 3460. The number of hydrogen-bond acceptors (Lipinski definition) is 3. The maximum absolute atomic E-state index is 6.40. The van der Waals surface area contributed by atoms with Crippen LogP contribution in [0.3, 0.4) is 0 Å². The molecule has 0 amide bonds. The number of furan rings is 2. The van der Waals surface area contributed by atoms with Crippen molar-refractivity contribution in [1.82, 2.24) is 9.13 Å². The summed E-state index contributed by atoms with van der Waals surface area (Å²) in [7, 11) is 0. The first kappa shape index (κ1) is 27.8. The van der Waals surface area contributed by atoms with E-state index in [1.165, 1.54) is 63.8 Å². The Labute approximate surface area is 304 Å². The molecule has 5 heterocycles. The van der Waals surface area contributed by atoms with Gasteiger partial charge in [-0.15, -0.1) is 11.3 Å². The molecule has 0 N–H and O–H groups in total. The quantitative estimate of drug-likeness (QED) is 0.181. The zero-order valence-electron chi connectivity index (χ0n) is 28.1. The Morgan fingerprint density at radius 1 is 0.340 bits per heavy atom. The van der Waals surface area contributed by atoms with Gasteiger partial charge in [0.05, 0.1) is 32.8 Å². The van der Waals surface area contributed by atoms with Gasteiger partial charge in [0.1, 0.15) is 22.3 Å². The van der Waals surface area contributed by atoms with E-state index in [1.54, 1.807) is 0 Å². The van der Waals surface area contributed by atoms with Crippen LogP contribution in [0.1, 0.15) is 0 Å². The van der Waals surface area contributed by atoms with Crippen molar-refractivity contribution in [2.45, 2.75) is 0 Å². The average Bonchev–Trinajstić information content (AvgIpc) is 4.01. The topological polar surface area (TPSA) is 36.1 Å². The second kappa shape index (κ2) is 9.94. The van der Waals surface area contributed by atoms with Crippen LogP contribution in [-0.2, 0) is 0 Å². The van der Waals surface area contributed by atoms with Crippen molar-refractivity contribution < 1.29 is 8.83 Å². The Balaban J connectivity index is 1.11. The lowest BCUT2D eigenvalue weighted by atomic mass is 10.1. The molecule has 53 heavy (non-hydrogen) atoms. The molecular formula is C48H26N2O2S. The molecule has 0 saturated heterocycles. The standard InChI is InChI=1S/C48H26N2O2S/c1-5-13-37-29(9-1)31-19-21-41-45(33-11-3-7-15-39(33)51-41)47(31)49(37)27-17-23-43-35(25-27)36-26-28(18-24-44(36)53-43)50-38-14-6-2-10-30(38)32-20-22-42-46(48(32)50)34-12-4-8-16-40(34)52-42/h1-26H. The molecule has 246 valence electrons. The molecule has 0 radical (unpaired) electrons. The Morgan fingerprint density at radius 3 is 1.26 bits per heavy atom. The van der Waals surface area contributed by atoms with Gasteiger partial charge in [-0.3, -0.25) is 0 Å². The van der Waals surface area contributed by atoms with E-state index >= 15 is 0 Å². The van der Waals surface area contributed by atoms with Crippen molar-refractivity contribution in [2.75, 3.05) is 0 Å². The largest absolute Gasteiger partial charge is 0.456 e. The summed E-state index contributed by atoms with van der Waals surface area (Å²) < 4.78 is 20.2. The molecule has 0 bridgehead atoms. The fraction of sp³-hybridized carbons (Fsp3) is 0. The summed E-state index contributed by atoms with van der Waals surface area (Å²) in [5.41, 5.74) is 10.6. The number of aromatic nitrogens is 2. The van der Waals surface area contributed by atoms with Gasteiger partial charge in [0.15, 0.2) is 0 Å². The highest BCUT2D eigenvalue weighted by atomic mass is 32.1. The van der Waals surface area contributed by atoms with Crippen molar-refractivity contribution in [3.63, 3.8) is 0 Å². The third-order valence-electron chi connectivity index (χ3n) is 11.3. The van der Waals surface area contributed by atoms with E-state index < -0.39 is 0 Å². The number of benzene rings is 8. The third kappa shape index (κ3) is 3.59. The summed E-state index contributed by atoms with van der Waals surface area (Å²) in [6.07, 6.45) is 0. The first-order chi connectivity index (χ1) is 26.3. The lowest BCUT2D eigenvalue weighted by Crippen LogP contribution is -1.94. The normalized spacial score (nSPS) is 12.5. The Morgan fingerprint density at radius 2 is 0.774 bits per heavy atom. The van der Waals surface area contributed by atoms with Gasteiger partial charge in [0.25, 0.3) is 0 Å².